The Kier molecular flexibility index (Phi) is 8.68. The lowest BCUT2D eigenvalue weighted by Gasteiger charge is -2.38. The molecule has 2 atom stereocenters. The maximum absolute atomic E-state index is 15.3. The van der Waals surface area contributed by atoms with Gasteiger partial charge in [-0.2, -0.15) is 0 Å². The summed E-state index contributed by atoms with van der Waals surface area (Å²) in [6.45, 7) is 3.52. The molecule has 0 amide bonds. The van der Waals surface area contributed by atoms with Crippen LogP contribution in [0.2, 0.25) is 0 Å². The second kappa shape index (κ2) is 12.0. The molecule has 2 N–H and O–H groups in total. The third-order valence-electron chi connectivity index (χ3n) is 8.39. The number of anilines is 1. The summed E-state index contributed by atoms with van der Waals surface area (Å²) in [5.74, 6) is -4.74. The van der Waals surface area contributed by atoms with E-state index in [-0.39, 0.29) is 43.7 Å². The molecule has 2 saturated heterocycles. The van der Waals surface area contributed by atoms with Crippen molar-refractivity contribution < 1.29 is 32.5 Å². The summed E-state index contributed by atoms with van der Waals surface area (Å²) in [7, 11) is 0. The standard InChI is InChI=1S/C30H38F3N3O4/c1-29(18-39-19-29)40-17-24-23(8-4-9-25(24)31)26(28(37)38)36-15-12-21(16-36)30(32,33)13-3-2-7-22-11-10-20-6-5-14-34-27(20)35-22/h4,8-11,21,26H,2-3,5-7,12-19H2,1H3,(H,34,35)(H,37,38). The van der Waals surface area contributed by atoms with E-state index in [1.54, 1.807) is 6.07 Å². The van der Waals surface area contributed by atoms with E-state index in [1.165, 1.54) is 22.6 Å². The molecule has 1 aromatic heterocycles. The third kappa shape index (κ3) is 6.44. The van der Waals surface area contributed by atoms with Crippen LogP contribution in [0, 0.1) is 11.7 Å². The molecule has 4 heterocycles. The number of unbranched alkanes of at least 4 members (excludes halogenated alkanes) is 1. The summed E-state index contributed by atoms with van der Waals surface area (Å²) >= 11 is 0. The quantitative estimate of drug-likeness (QED) is 0.337. The van der Waals surface area contributed by atoms with Crippen molar-refractivity contribution in [2.24, 2.45) is 5.92 Å². The van der Waals surface area contributed by atoms with Gasteiger partial charge in [0, 0.05) is 36.7 Å². The number of hydrogen-bond donors (Lipinski definition) is 2. The van der Waals surface area contributed by atoms with Crippen LogP contribution in [0.15, 0.2) is 30.3 Å². The number of rotatable bonds is 12. The predicted molar refractivity (Wildman–Crippen MR) is 144 cm³/mol. The molecule has 0 bridgehead atoms. The smallest absolute Gasteiger partial charge is 0.325 e. The lowest BCUT2D eigenvalue weighted by atomic mass is 9.94. The maximum atomic E-state index is 15.3. The van der Waals surface area contributed by atoms with Crippen LogP contribution in [0.3, 0.4) is 0 Å². The van der Waals surface area contributed by atoms with Gasteiger partial charge in [0.25, 0.3) is 5.92 Å². The Morgan fingerprint density at radius 2 is 2.12 bits per heavy atom. The summed E-state index contributed by atoms with van der Waals surface area (Å²) in [4.78, 5) is 18.6. The van der Waals surface area contributed by atoms with Crippen molar-refractivity contribution in [1.29, 1.82) is 0 Å². The van der Waals surface area contributed by atoms with Crippen molar-refractivity contribution >= 4 is 11.8 Å². The highest BCUT2D eigenvalue weighted by molar-refractivity contribution is 5.76. The number of fused-ring (bicyclic) bond motifs is 1. The SMILES string of the molecule is CC1(OCc2c(F)cccc2C(C(=O)O)N2CCC(C(F)(F)CCCCc3ccc4c(n3)NCCC4)C2)COC1. The topological polar surface area (TPSA) is 83.9 Å². The normalized spacial score (nSPS) is 21.4. The zero-order valence-corrected chi connectivity index (χ0v) is 22.9. The first-order valence-corrected chi connectivity index (χ1v) is 14.2. The largest absolute Gasteiger partial charge is 0.480 e. The number of hydrogen-bond acceptors (Lipinski definition) is 6. The zero-order valence-electron chi connectivity index (χ0n) is 22.9. The first-order valence-electron chi connectivity index (χ1n) is 14.2. The fourth-order valence-corrected chi connectivity index (χ4v) is 5.93. The first kappa shape index (κ1) is 28.8. The van der Waals surface area contributed by atoms with Gasteiger partial charge in [-0.15, -0.1) is 0 Å². The maximum Gasteiger partial charge on any atom is 0.325 e. The van der Waals surface area contributed by atoms with Gasteiger partial charge in [-0.1, -0.05) is 18.2 Å². The Bertz CT molecular complexity index is 1210. The van der Waals surface area contributed by atoms with Crippen molar-refractivity contribution in [3.05, 3.63) is 58.5 Å². The van der Waals surface area contributed by atoms with Gasteiger partial charge in [0.15, 0.2) is 0 Å². The van der Waals surface area contributed by atoms with Crippen LogP contribution in [0.1, 0.15) is 67.5 Å². The average Bonchev–Trinajstić information content (AvgIpc) is 3.40. The van der Waals surface area contributed by atoms with Crippen LogP contribution in [0.5, 0.6) is 0 Å². The van der Waals surface area contributed by atoms with E-state index in [1.807, 2.05) is 13.0 Å². The second-order valence-electron chi connectivity index (χ2n) is 11.6. The Morgan fingerprint density at radius 3 is 2.88 bits per heavy atom. The summed E-state index contributed by atoms with van der Waals surface area (Å²) in [5.41, 5.74) is 1.94. The van der Waals surface area contributed by atoms with E-state index >= 15 is 8.78 Å². The minimum Gasteiger partial charge on any atom is -0.480 e. The number of likely N-dealkylation sites (tertiary alicyclic amines) is 1. The second-order valence-corrected chi connectivity index (χ2v) is 11.6. The molecule has 3 aliphatic heterocycles. The summed E-state index contributed by atoms with van der Waals surface area (Å²) in [6, 6.07) is 7.09. The number of benzene rings is 1. The molecule has 10 heteroatoms. The number of nitrogens with one attached hydrogen (secondary N) is 1. The predicted octanol–water partition coefficient (Wildman–Crippen LogP) is 5.38. The van der Waals surface area contributed by atoms with Crippen molar-refractivity contribution in [1.82, 2.24) is 9.88 Å². The molecule has 0 spiro atoms. The average molecular weight is 562 g/mol. The molecule has 218 valence electrons. The number of alkyl halides is 2. The lowest BCUT2D eigenvalue weighted by molar-refractivity contribution is -0.205. The van der Waals surface area contributed by atoms with Crippen LogP contribution in [-0.4, -0.2) is 65.3 Å². The number of nitrogens with zero attached hydrogens (tertiary/aromatic N) is 2. The summed E-state index contributed by atoms with van der Waals surface area (Å²) in [5, 5.41) is 13.4. The Hall–Kier alpha value is -2.69. The highest BCUT2D eigenvalue weighted by atomic mass is 19.3. The minimum atomic E-state index is -2.92. The number of carbonyl (C=O) groups is 1. The minimum absolute atomic E-state index is 0.0651. The van der Waals surface area contributed by atoms with Crippen molar-refractivity contribution in [3.63, 3.8) is 0 Å². The summed E-state index contributed by atoms with van der Waals surface area (Å²) < 4.78 is 56.4. The van der Waals surface area contributed by atoms with Crippen molar-refractivity contribution in [2.45, 2.75) is 76.0 Å². The fraction of sp³-hybridized carbons (Fsp3) is 0.600. The molecular formula is C30H38F3N3O4. The van der Waals surface area contributed by atoms with E-state index in [0.29, 0.717) is 32.5 Å². The number of carboxylic acid groups (broad SMARTS) is 1. The third-order valence-corrected chi connectivity index (χ3v) is 8.39. The van der Waals surface area contributed by atoms with Gasteiger partial charge >= 0.3 is 5.97 Å². The Labute approximate surface area is 233 Å². The first-order chi connectivity index (χ1) is 19.2. The van der Waals surface area contributed by atoms with E-state index in [9.17, 15) is 14.3 Å². The highest BCUT2D eigenvalue weighted by Gasteiger charge is 2.46. The number of ether oxygens (including phenoxy) is 2. The molecular weight excluding hydrogens is 523 g/mol. The zero-order chi connectivity index (χ0) is 28.3. The number of pyridine rings is 1. The number of aromatic nitrogens is 1. The van der Waals surface area contributed by atoms with E-state index in [0.717, 1.165) is 30.9 Å². The fourth-order valence-electron chi connectivity index (χ4n) is 5.93. The van der Waals surface area contributed by atoms with Gasteiger partial charge in [0.2, 0.25) is 0 Å². The van der Waals surface area contributed by atoms with Crippen LogP contribution in [-0.2, 0) is 33.7 Å². The molecule has 0 aliphatic carbocycles. The molecule has 40 heavy (non-hydrogen) atoms. The van der Waals surface area contributed by atoms with Gasteiger partial charge in [0.05, 0.1) is 19.8 Å². The number of aliphatic carboxylic acids is 1. The summed E-state index contributed by atoms with van der Waals surface area (Å²) in [6.07, 6.45) is 3.61. The van der Waals surface area contributed by atoms with Gasteiger partial charge in [0.1, 0.15) is 23.3 Å². The van der Waals surface area contributed by atoms with Crippen LogP contribution >= 0.6 is 0 Å². The lowest BCUT2D eigenvalue weighted by Crippen LogP contribution is -2.49. The number of carboxylic acids is 1. The molecule has 0 radical (unpaired) electrons. The van der Waals surface area contributed by atoms with E-state index < -0.39 is 35.3 Å². The van der Waals surface area contributed by atoms with Crippen LogP contribution in [0.4, 0.5) is 19.0 Å². The van der Waals surface area contributed by atoms with Crippen LogP contribution < -0.4 is 5.32 Å². The van der Waals surface area contributed by atoms with Gasteiger partial charge < -0.3 is 19.9 Å². The van der Waals surface area contributed by atoms with Gasteiger partial charge in [-0.3, -0.25) is 9.69 Å². The van der Waals surface area contributed by atoms with E-state index in [2.05, 4.69) is 16.4 Å². The molecule has 2 fully saturated rings. The van der Waals surface area contributed by atoms with Gasteiger partial charge in [-0.25, -0.2) is 18.2 Å². The van der Waals surface area contributed by atoms with Crippen LogP contribution in [0.25, 0.3) is 0 Å². The monoisotopic (exact) mass is 561 g/mol. The molecule has 5 rings (SSSR count). The molecule has 7 nitrogen and oxygen atoms in total. The Balaban J connectivity index is 1.18. The van der Waals surface area contributed by atoms with Crippen molar-refractivity contribution in [3.8, 4) is 0 Å². The Morgan fingerprint density at radius 1 is 1.30 bits per heavy atom. The number of aryl methyl sites for hydroxylation is 2. The van der Waals surface area contributed by atoms with Gasteiger partial charge in [-0.05, 0) is 75.3 Å². The molecule has 2 aromatic rings. The molecule has 3 aliphatic rings. The molecule has 0 saturated carbocycles. The molecule has 2 unspecified atom stereocenters. The highest BCUT2D eigenvalue weighted by Crippen LogP contribution is 2.40. The number of halogens is 3. The molecule has 1 aromatic carbocycles. The van der Waals surface area contributed by atoms with Crippen molar-refractivity contribution in [2.75, 3.05) is 38.2 Å². The van der Waals surface area contributed by atoms with E-state index in [4.69, 9.17) is 9.47 Å².